The molecule has 17 heteroatoms. The van der Waals surface area contributed by atoms with Gasteiger partial charge in [-0.3, -0.25) is 9.59 Å². The molecule has 4 atom stereocenters. The maximum Gasteiger partial charge on any atom is 0.534 e. The predicted molar refractivity (Wildman–Crippen MR) is 246 cm³/mol. The number of aromatic hydroxyl groups is 3. The highest BCUT2D eigenvalue weighted by atomic mass is 32.2. The molecule has 0 aliphatic heterocycles. The number of Topliss-reactive ketones (excluding diaryl/α,β-unsaturated/α-hetero) is 1. The van der Waals surface area contributed by atoms with Crippen molar-refractivity contribution in [1.82, 2.24) is 0 Å². The molecule has 0 radical (unpaired) electrons. The van der Waals surface area contributed by atoms with Crippen LogP contribution in [-0.4, -0.2) is 48.1 Å². The van der Waals surface area contributed by atoms with Crippen LogP contribution in [0.15, 0.2) is 79.1 Å². The number of aryl methyl sites for hydroxylation is 2. The summed E-state index contributed by atoms with van der Waals surface area (Å²) in [4.78, 5) is 47.1. The summed E-state index contributed by atoms with van der Waals surface area (Å²) >= 11 is 0. The molecule has 4 unspecified atom stereocenters. The fourth-order valence-corrected chi connectivity index (χ4v) is 9.66. The van der Waals surface area contributed by atoms with Crippen molar-refractivity contribution in [3.05, 3.63) is 104 Å². The number of carbonyl (C=O) groups excluding carboxylic acids is 2. The van der Waals surface area contributed by atoms with Gasteiger partial charge in [0.25, 0.3) is 0 Å². The normalized spacial score (nSPS) is 19.0. The average Bonchev–Trinajstić information content (AvgIpc) is 3.27. The highest BCUT2D eigenvalue weighted by Gasteiger charge is 2.48. The van der Waals surface area contributed by atoms with Crippen LogP contribution < -0.4 is 15.4 Å². The van der Waals surface area contributed by atoms with E-state index >= 15 is 0 Å². The van der Waals surface area contributed by atoms with Crippen LogP contribution in [0.4, 0.5) is 13.2 Å². The molecule has 2 heterocycles. The van der Waals surface area contributed by atoms with Gasteiger partial charge in [-0.25, -0.2) is 9.59 Å². The van der Waals surface area contributed by atoms with Crippen LogP contribution >= 0.6 is 0 Å². The lowest BCUT2D eigenvalue weighted by atomic mass is 9.78. The number of carbonyl (C=O) groups is 2. The van der Waals surface area contributed by atoms with E-state index in [0.717, 1.165) is 98.4 Å². The summed E-state index contributed by atoms with van der Waals surface area (Å²) in [5, 5.41) is 28.3. The molecule has 1 saturated carbocycles. The minimum Gasteiger partial charge on any atom is -0.508 e. The monoisotopic (exact) mass is 956 g/mol. The number of ether oxygens (including phenoxy) is 1. The number of phenolic OH excluding ortho intramolecular Hbond substituents is 3. The third kappa shape index (κ3) is 13.6. The number of methoxy groups -OCH3 is 1. The zero-order valence-electron chi connectivity index (χ0n) is 38.2. The summed E-state index contributed by atoms with van der Waals surface area (Å²) < 4.78 is 78.8. The zero-order valence-corrected chi connectivity index (χ0v) is 39.0. The van der Waals surface area contributed by atoms with Crippen LogP contribution in [0, 0.1) is 23.7 Å². The smallest absolute Gasteiger partial charge is 0.508 e. The van der Waals surface area contributed by atoms with Gasteiger partial charge in [0.15, 0.2) is 0 Å². The lowest BCUT2D eigenvalue weighted by Gasteiger charge is -2.25. The summed E-state index contributed by atoms with van der Waals surface area (Å²) in [5.41, 5.74) is -2.41. The van der Waals surface area contributed by atoms with E-state index in [4.69, 9.17) is 19.0 Å². The van der Waals surface area contributed by atoms with Gasteiger partial charge >= 0.3 is 32.8 Å². The van der Waals surface area contributed by atoms with Crippen molar-refractivity contribution < 1.29 is 64.3 Å². The Bertz CT molecular complexity index is 2720. The lowest BCUT2D eigenvalue weighted by Crippen LogP contribution is -2.32. The predicted octanol–water partition coefficient (Wildman–Crippen LogP) is 10.4. The first-order chi connectivity index (χ1) is 31.8. The van der Waals surface area contributed by atoms with Crippen molar-refractivity contribution in [1.29, 1.82) is 0 Å². The Kier molecular flexibility index (Phi) is 18.1. The Labute approximate surface area is 387 Å². The Balaban J connectivity index is 0.000000180. The van der Waals surface area contributed by atoms with Crippen molar-refractivity contribution in [2.45, 2.75) is 123 Å². The molecular weight excluding hydrogens is 898 g/mol. The number of hydrogen-bond donors (Lipinski definition) is 3. The summed E-state index contributed by atoms with van der Waals surface area (Å²) in [5.74, 6) is 0.525. The van der Waals surface area contributed by atoms with E-state index in [1.165, 1.54) is 43.9 Å². The summed E-state index contributed by atoms with van der Waals surface area (Å²) in [6.45, 7) is 6.39. The molecule has 1 fully saturated rings. The minimum atomic E-state index is -5.78. The minimum absolute atomic E-state index is 0.0116. The van der Waals surface area contributed by atoms with Crippen molar-refractivity contribution >= 4 is 43.8 Å². The van der Waals surface area contributed by atoms with Gasteiger partial charge in [-0.05, 0) is 117 Å². The highest BCUT2D eigenvalue weighted by Crippen LogP contribution is 2.36. The Morgan fingerprint density at radius 1 is 0.672 bits per heavy atom. The van der Waals surface area contributed by atoms with E-state index in [2.05, 4.69) is 29.7 Å². The number of ketones is 1. The quantitative estimate of drug-likeness (QED) is 0.0414. The molecule has 0 saturated heterocycles. The van der Waals surface area contributed by atoms with E-state index in [-0.39, 0.29) is 40.2 Å². The molecule has 3 aliphatic rings. The van der Waals surface area contributed by atoms with Gasteiger partial charge in [-0.1, -0.05) is 65.4 Å². The van der Waals surface area contributed by atoms with Crippen molar-refractivity contribution in [3.8, 4) is 23.0 Å². The molecule has 0 amide bonds. The Morgan fingerprint density at radius 3 is 1.63 bits per heavy atom. The van der Waals surface area contributed by atoms with Crippen LogP contribution in [0.1, 0.15) is 114 Å². The summed E-state index contributed by atoms with van der Waals surface area (Å²) in [7, 11) is -4.43. The van der Waals surface area contributed by atoms with Crippen LogP contribution in [-0.2, 0) is 50.1 Å². The van der Waals surface area contributed by atoms with E-state index < -0.39 is 32.9 Å². The summed E-state index contributed by atoms with van der Waals surface area (Å²) in [6.07, 6.45) is 13.9. The topological polar surface area (TPSA) is 208 Å². The SMILES string of the molecule is CCCC1CCC(=O)C(C(=O)OC)C1.CCCC1CCc2c(c(=O)oc3cc(O)ccc23)C1.CCCC1CCc2c(c(=O)oc3cc(OS(=O)(=O)C(F)(F)F)ccc23)C1.Oc1cccc(O)c1. The molecule has 13 nitrogen and oxygen atoms in total. The van der Waals surface area contributed by atoms with Crippen LogP contribution in [0.3, 0.4) is 0 Å². The van der Waals surface area contributed by atoms with Crippen LogP contribution in [0.25, 0.3) is 21.9 Å². The maximum absolute atomic E-state index is 12.4. The molecule has 0 spiro atoms. The Morgan fingerprint density at radius 2 is 1.15 bits per heavy atom. The average molecular weight is 957 g/mol. The second kappa shape index (κ2) is 23.3. The zero-order chi connectivity index (χ0) is 49.1. The first-order valence-electron chi connectivity index (χ1n) is 22.7. The van der Waals surface area contributed by atoms with E-state index in [1.54, 1.807) is 12.1 Å². The van der Waals surface area contributed by atoms with E-state index in [9.17, 15) is 45.9 Å². The molecule has 3 aliphatic carbocycles. The molecule has 0 bridgehead atoms. The molecule has 67 heavy (non-hydrogen) atoms. The van der Waals surface area contributed by atoms with Gasteiger partial charge in [-0.15, -0.1) is 0 Å². The molecule has 364 valence electrons. The number of halogens is 3. The second-order valence-electron chi connectivity index (χ2n) is 17.3. The van der Waals surface area contributed by atoms with Gasteiger partial charge in [-0.2, -0.15) is 21.6 Å². The molecule has 3 aromatic carbocycles. The fraction of sp³-hybridized carbons (Fsp3) is 0.480. The number of hydrogen-bond acceptors (Lipinski definition) is 13. The molecule has 2 aromatic heterocycles. The van der Waals surface area contributed by atoms with Crippen molar-refractivity contribution in [3.63, 3.8) is 0 Å². The van der Waals surface area contributed by atoms with Gasteiger partial charge in [0.1, 0.15) is 45.9 Å². The number of phenols is 3. The molecular formula is C50H59F3O13S. The molecule has 5 aromatic rings. The first kappa shape index (κ1) is 52.1. The number of rotatable bonds is 9. The third-order valence-electron chi connectivity index (χ3n) is 12.4. The van der Waals surface area contributed by atoms with E-state index in [0.29, 0.717) is 60.0 Å². The van der Waals surface area contributed by atoms with Crippen molar-refractivity contribution in [2.75, 3.05) is 7.11 Å². The van der Waals surface area contributed by atoms with Crippen LogP contribution in [0.2, 0.25) is 0 Å². The van der Waals surface area contributed by atoms with Gasteiger partial charge in [0, 0.05) is 46.5 Å². The number of fused-ring (bicyclic) bond motifs is 6. The van der Waals surface area contributed by atoms with Gasteiger partial charge in [0.2, 0.25) is 0 Å². The maximum atomic E-state index is 12.4. The Hall–Kier alpha value is -5.84. The molecule has 8 rings (SSSR count). The summed E-state index contributed by atoms with van der Waals surface area (Å²) in [6, 6.07) is 14.4. The number of alkyl halides is 3. The largest absolute Gasteiger partial charge is 0.534 e. The lowest BCUT2D eigenvalue weighted by molar-refractivity contribution is -0.151. The highest BCUT2D eigenvalue weighted by molar-refractivity contribution is 7.88. The van der Waals surface area contributed by atoms with Crippen LogP contribution in [0.5, 0.6) is 23.0 Å². The standard InChI is InChI=1S/C17H17F3O5S.C16H18O3.C11H18O3.C6H6O2/c1-2-3-10-4-6-12-13-7-5-11(25-26(22,23)17(18,19)20)9-15(13)24-16(21)14(12)8-10;1-2-3-10-4-6-12-13-7-5-11(17)9-15(13)19-16(18)14(12)8-10;1-3-4-8-5-6-10(12)9(7-8)11(13)14-2;7-5-2-1-3-6(8)4-5/h5,7,9-10H,2-4,6,8H2,1H3;5,7,9-10,17H,2-4,6,8H2,1H3;8-9H,3-7H2,1-2H3;1-4,7-8H. The third-order valence-corrected chi connectivity index (χ3v) is 13.4. The van der Waals surface area contributed by atoms with Crippen molar-refractivity contribution in [2.24, 2.45) is 23.7 Å². The number of benzene rings is 3. The fourth-order valence-electron chi connectivity index (χ4n) is 9.21. The van der Waals surface area contributed by atoms with Gasteiger partial charge < -0.3 is 33.1 Å². The van der Waals surface area contributed by atoms with Gasteiger partial charge in [0.05, 0.1) is 7.11 Å². The van der Waals surface area contributed by atoms with E-state index in [1.807, 2.05) is 6.07 Å². The number of esters is 1. The molecule has 3 N–H and O–H groups in total. The first-order valence-corrected chi connectivity index (χ1v) is 24.1. The second-order valence-corrected chi connectivity index (χ2v) is 18.8.